The molecule has 0 saturated heterocycles. The molecule has 1 amide bonds. The summed E-state index contributed by atoms with van der Waals surface area (Å²) in [4.78, 5) is 37.6. The Balaban J connectivity index is 5.41. The number of phosphoric acid groups is 1. The number of likely N-dealkylation sites (N-methyl/N-ethyl adjacent to an activating group) is 1. The van der Waals surface area contributed by atoms with Crippen LogP contribution >= 0.6 is 7.82 Å². The fourth-order valence-corrected chi connectivity index (χ4v) is 8.61. The van der Waals surface area contributed by atoms with E-state index in [2.05, 4.69) is 123 Å². The summed E-state index contributed by atoms with van der Waals surface area (Å²) in [6.45, 7) is 6.81. The van der Waals surface area contributed by atoms with Gasteiger partial charge in [-0.25, -0.2) is 4.57 Å². The van der Waals surface area contributed by atoms with E-state index in [4.69, 9.17) is 13.8 Å². The van der Waals surface area contributed by atoms with Crippen molar-refractivity contribution < 1.29 is 37.3 Å². The van der Waals surface area contributed by atoms with Crippen molar-refractivity contribution in [1.29, 1.82) is 0 Å². The number of ether oxygens (including phenoxy) is 1. The SMILES string of the molecule is CC/C=C\C/C=C\C/C=C\C/C=C\C/C=C\C/C=C\CCCCC(=O)NC(COP(=O)(O)OCC[N+](C)(C)C)C(/C=C\CCCCCCCCCCCC)OC(=O)CCCCCCCC/C=C/C=C/CCCCC. The van der Waals surface area contributed by atoms with Gasteiger partial charge in [-0.2, -0.15) is 0 Å². The minimum atomic E-state index is -4.47. The second kappa shape index (κ2) is 53.1. The summed E-state index contributed by atoms with van der Waals surface area (Å²) < 4.78 is 30.6. The van der Waals surface area contributed by atoms with E-state index in [1.165, 1.54) is 77.0 Å². The Morgan fingerprint density at radius 2 is 0.905 bits per heavy atom. The molecule has 0 heterocycles. The number of hydrogen-bond donors (Lipinski definition) is 2. The summed E-state index contributed by atoms with van der Waals surface area (Å²) in [5, 5.41) is 3.02. The van der Waals surface area contributed by atoms with E-state index in [1.807, 2.05) is 33.3 Å². The Kier molecular flexibility index (Phi) is 50.7. The van der Waals surface area contributed by atoms with E-state index in [0.29, 0.717) is 23.9 Å². The van der Waals surface area contributed by atoms with E-state index in [1.54, 1.807) is 0 Å². The van der Waals surface area contributed by atoms with Gasteiger partial charge in [0, 0.05) is 12.8 Å². The Bertz CT molecular complexity index is 1640. The molecule has 74 heavy (non-hydrogen) atoms. The van der Waals surface area contributed by atoms with Crippen LogP contribution in [0.15, 0.2) is 109 Å². The first-order chi connectivity index (χ1) is 35.9. The van der Waals surface area contributed by atoms with Crippen molar-refractivity contribution in [2.45, 2.75) is 245 Å². The molecule has 424 valence electrons. The molecule has 0 rings (SSSR count). The van der Waals surface area contributed by atoms with Gasteiger partial charge in [0.2, 0.25) is 5.91 Å². The van der Waals surface area contributed by atoms with E-state index >= 15 is 0 Å². The zero-order valence-corrected chi connectivity index (χ0v) is 49.2. The Morgan fingerprint density at radius 3 is 1.42 bits per heavy atom. The zero-order valence-electron chi connectivity index (χ0n) is 48.3. The number of unbranched alkanes of at least 4 members (excludes halogenated alkanes) is 21. The van der Waals surface area contributed by atoms with Crippen LogP contribution in [0.4, 0.5) is 0 Å². The van der Waals surface area contributed by atoms with Crippen LogP contribution in [-0.2, 0) is 27.9 Å². The normalized spacial score (nSPS) is 14.5. The van der Waals surface area contributed by atoms with Crippen LogP contribution in [0.25, 0.3) is 0 Å². The monoisotopic (exact) mass is 1050 g/mol. The van der Waals surface area contributed by atoms with Crippen molar-refractivity contribution in [3.8, 4) is 0 Å². The third-order valence-electron chi connectivity index (χ3n) is 12.5. The zero-order chi connectivity index (χ0) is 54.3. The van der Waals surface area contributed by atoms with Crippen LogP contribution in [-0.4, -0.2) is 74.3 Å². The van der Waals surface area contributed by atoms with Crippen LogP contribution in [0, 0.1) is 0 Å². The average molecular weight is 1050 g/mol. The second-order valence-corrected chi connectivity index (χ2v) is 22.3. The molecule has 3 atom stereocenters. The largest absolute Gasteiger partial charge is 0.472 e. The molecule has 2 N–H and O–H groups in total. The maximum Gasteiger partial charge on any atom is 0.472 e. The number of hydrogen-bond acceptors (Lipinski definition) is 6. The number of esters is 1. The molecule has 0 aromatic rings. The van der Waals surface area contributed by atoms with Crippen LogP contribution in [0.2, 0.25) is 0 Å². The summed E-state index contributed by atoms with van der Waals surface area (Å²) in [7, 11) is 1.44. The fraction of sp³-hybridized carbons (Fsp3) is 0.688. The number of quaternary nitrogens is 1. The maximum absolute atomic E-state index is 13.5. The number of amides is 1. The lowest BCUT2D eigenvalue weighted by molar-refractivity contribution is -0.870. The van der Waals surface area contributed by atoms with Gasteiger partial charge in [-0.15, -0.1) is 0 Å². The van der Waals surface area contributed by atoms with Gasteiger partial charge in [0.15, 0.2) is 0 Å². The predicted molar refractivity (Wildman–Crippen MR) is 318 cm³/mol. The lowest BCUT2D eigenvalue weighted by Crippen LogP contribution is -2.47. The first kappa shape index (κ1) is 70.7. The average Bonchev–Trinajstić information content (AvgIpc) is 3.36. The van der Waals surface area contributed by atoms with Crippen LogP contribution in [0.1, 0.15) is 233 Å². The lowest BCUT2D eigenvalue weighted by atomic mass is 10.1. The summed E-state index contributed by atoms with van der Waals surface area (Å²) in [6.07, 6.45) is 72.3. The molecule has 9 nitrogen and oxygen atoms in total. The van der Waals surface area contributed by atoms with Crippen molar-refractivity contribution >= 4 is 19.7 Å². The molecule has 0 radical (unpaired) electrons. The Morgan fingerprint density at radius 1 is 0.500 bits per heavy atom. The highest BCUT2D eigenvalue weighted by atomic mass is 31.2. The quantitative estimate of drug-likeness (QED) is 0.0156. The first-order valence-corrected chi connectivity index (χ1v) is 31.2. The number of rotatable bonds is 52. The highest BCUT2D eigenvalue weighted by Crippen LogP contribution is 2.43. The van der Waals surface area contributed by atoms with Gasteiger partial charge in [0.1, 0.15) is 19.3 Å². The second-order valence-electron chi connectivity index (χ2n) is 20.8. The number of carbonyl (C=O) groups excluding carboxylic acids is 2. The smallest absolute Gasteiger partial charge is 0.456 e. The van der Waals surface area contributed by atoms with Gasteiger partial charge in [0.05, 0.1) is 33.8 Å². The summed E-state index contributed by atoms with van der Waals surface area (Å²) in [5.74, 6) is -0.577. The van der Waals surface area contributed by atoms with Crippen LogP contribution < -0.4 is 5.32 Å². The summed E-state index contributed by atoms with van der Waals surface area (Å²) in [5.41, 5.74) is 0. The minimum Gasteiger partial charge on any atom is -0.456 e. The Hall–Kier alpha value is -3.33. The topological polar surface area (TPSA) is 111 Å². The summed E-state index contributed by atoms with van der Waals surface area (Å²) in [6, 6.07) is -0.883. The third-order valence-corrected chi connectivity index (χ3v) is 13.5. The minimum absolute atomic E-state index is 0.0240. The summed E-state index contributed by atoms with van der Waals surface area (Å²) >= 11 is 0. The van der Waals surface area contributed by atoms with Gasteiger partial charge in [-0.1, -0.05) is 220 Å². The number of carbonyl (C=O) groups is 2. The van der Waals surface area contributed by atoms with E-state index in [-0.39, 0.29) is 37.9 Å². The molecule has 0 aliphatic rings. The highest BCUT2D eigenvalue weighted by molar-refractivity contribution is 7.47. The van der Waals surface area contributed by atoms with Gasteiger partial charge >= 0.3 is 13.8 Å². The molecule has 0 aliphatic heterocycles. The van der Waals surface area contributed by atoms with Gasteiger partial charge in [-0.05, 0) is 109 Å². The molecule has 0 aliphatic carbocycles. The Labute approximate surface area is 455 Å². The van der Waals surface area contributed by atoms with Crippen LogP contribution in [0.5, 0.6) is 0 Å². The fourth-order valence-electron chi connectivity index (χ4n) is 7.87. The van der Waals surface area contributed by atoms with E-state index in [9.17, 15) is 19.0 Å². The third kappa shape index (κ3) is 53.5. The molecular formula is C64H112N2O7P+. The van der Waals surface area contributed by atoms with E-state index < -0.39 is 20.0 Å². The first-order valence-electron chi connectivity index (χ1n) is 29.7. The van der Waals surface area contributed by atoms with Crippen LogP contribution in [0.3, 0.4) is 0 Å². The van der Waals surface area contributed by atoms with Crippen molar-refractivity contribution in [3.63, 3.8) is 0 Å². The molecule has 10 heteroatoms. The molecule has 0 fully saturated rings. The molecular weight excluding hydrogens is 940 g/mol. The van der Waals surface area contributed by atoms with Crippen molar-refractivity contribution in [1.82, 2.24) is 5.32 Å². The highest BCUT2D eigenvalue weighted by Gasteiger charge is 2.30. The molecule has 0 aromatic carbocycles. The number of nitrogens with one attached hydrogen (secondary N) is 1. The molecule has 3 unspecified atom stereocenters. The predicted octanol–water partition coefficient (Wildman–Crippen LogP) is 18.2. The molecule has 0 saturated carbocycles. The van der Waals surface area contributed by atoms with E-state index in [0.717, 1.165) is 109 Å². The van der Waals surface area contributed by atoms with Gasteiger partial charge in [-0.3, -0.25) is 18.6 Å². The van der Waals surface area contributed by atoms with Gasteiger partial charge in [0.25, 0.3) is 0 Å². The maximum atomic E-state index is 13.5. The molecule has 0 spiro atoms. The molecule has 0 bridgehead atoms. The van der Waals surface area contributed by atoms with Crippen molar-refractivity contribution in [2.24, 2.45) is 0 Å². The molecule has 0 aromatic heterocycles. The van der Waals surface area contributed by atoms with Gasteiger partial charge < -0.3 is 19.4 Å². The van der Waals surface area contributed by atoms with Crippen molar-refractivity contribution in [3.05, 3.63) is 109 Å². The number of phosphoric ester groups is 1. The standard InChI is InChI=1S/C64H111N2O7P/c1-7-10-13-16-19-22-25-28-30-31-32-33-34-35-37-38-41-44-47-50-53-56-63(67)65-61(60-72-74(69,70)71-59-58-66(4,5)6)62(55-52-49-46-43-40-27-24-21-18-15-12-9-3)73-64(68)57-54-51-48-45-42-39-36-29-26-23-20-17-14-11-8-2/h10,13,19-20,22-23,26,28-30,32-33,35,37,41,44,52,55,61-62H,7-9,11-12,14-18,21,24-25,27,31,34,36,38-40,42-43,45-51,53-54,56-60H2,1-6H3,(H-,65,67,69,70)/p+1/b13-10-,22-19-,23-20+,29-26+,30-28-,33-32-,37-35-,44-41-,55-52-. The van der Waals surface area contributed by atoms with Crippen molar-refractivity contribution in [2.75, 3.05) is 40.9 Å². The number of allylic oxidation sites excluding steroid dienone is 17. The lowest BCUT2D eigenvalue weighted by Gasteiger charge is -2.27. The number of nitrogens with zero attached hydrogens (tertiary/aromatic N) is 1.